The molecule has 6 nitrogen and oxygen atoms in total. The number of carbonyl (C=O) groups excluding carboxylic acids is 2. The number of likely N-dealkylation sites (tertiary alicyclic amines) is 1. The first kappa shape index (κ1) is 19.7. The van der Waals surface area contributed by atoms with Crippen LogP contribution in [0.15, 0.2) is 42.5 Å². The van der Waals surface area contributed by atoms with Crippen LogP contribution in [0.5, 0.6) is 11.5 Å². The predicted octanol–water partition coefficient (Wildman–Crippen LogP) is 3.25. The van der Waals surface area contributed by atoms with Gasteiger partial charge in [-0.25, -0.2) is 0 Å². The van der Waals surface area contributed by atoms with Gasteiger partial charge in [0, 0.05) is 25.2 Å². The van der Waals surface area contributed by atoms with E-state index in [2.05, 4.69) is 12.2 Å². The van der Waals surface area contributed by atoms with Crippen molar-refractivity contribution in [2.45, 2.75) is 26.3 Å². The van der Waals surface area contributed by atoms with Crippen LogP contribution < -0.4 is 14.8 Å². The molecule has 0 aliphatic carbocycles. The van der Waals surface area contributed by atoms with Gasteiger partial charge in [-0.15, -0.1) is 0 Å². The molecule has 6 heteroatoms. The number of para-hydroxylation sites is 1. The maximum absolute atomic E-state index is 12.7. The van der Waals surface area contributed by atoms with E-state index in [1.165, 1.54) is 0 Å². The Bertz CT molecular complexity index is 865. The summed E-state index contributed by atoms with van der Waals surface area (Å²) in [6.07, 6.45) is 1.07. The second-order valence-corrected chi connectivity index (χ2v) is 6.86. The smallest absolute Gasteiger partial charge is 0.229 e. The van der Waals surface area contributed by atoms with Gasteiger partial charge in [0.1, 0.15) is 0 Å². The maximum Gasteiger partial charge on any atom is 0.229 e. The van der Waals surface area contributed by atoms with Crippen LogP contribution in [-0.4, -0.2) is 37.5 Å². The summed E-state index contributed by atoms with van der Waals surface area (Å²) < 4.78 is 10.6. The van der Waals surface area contributed by atoms with E-state index in [0.29, 0.717) is 24.6 Å². The topological polar surface area (TPSA) is 67.9 Å². The fourth-order valence-corrected chi connectivity index (χ4v) is 3.49. The summed E-state index contributed by atoms with van der Waals surface area (Å²) in [6, 6.07) is 13.3. The number of nitrogens with zero attached hydrogens (tertiary/aromatic N) is 1. The molecule has 0 aromatic heterocycles. The van der Waals surface area contributed by atoms with Gasteiger partial charge in [0.15, 0.2) is 11.5 Å². The molecule has 28 heavy (non-hydrogen) atoms. The molecule has 2 amide bonds. The number of nitrogens with one attached hydrogen (secondary N) is 1. The first-order chi connectivity index (χ1) is 13.5. The first-order valence-electron chi connectivity index (χ1n) is 9.43. The molecule has 3 rings (SSSR count). The van der Waals surface area contributed by atoms with Gasteiger partial charge in [-0.05, 0) is 35.7 Å². The van der Waals surface area contributed by atoms with E-state index in [-0.39, 0.29) is 24.2 Å². The van der Waals surface area contributed by atoms with Crippen LogP contribution in [0.2, 0.25) is 0 Å². The Hall–Kier alpha value is -3.02. The molecule has 0 radical (unpaired) electrons. The van der Waals surface area contributed by atoms with E-state index in [1.54, 1.807) is 19.1 Å². The molecule has 1 unspecified atom stereocenters. The lowest BCUT2D eigenvalue weighted by molar-refractivity contribution is -0.128. The van der Waals surface area contributed by atoms with Crippen molar-refractivity contribution in [1.29, 1.82) is 0 Å². The van der Waals surface area contributed by atoms with Crippen molar-refractivity contribution < 1.29 is 19.1 Å². The third-order valence-corrected chi connectivity index (χ3v) is 5.06. The summed E-state index contributed by atoms with van der Waals surface area (Å²) in [5.74, 6) is 0.795. The van der Waals surface area contributed by atoms with E-state index in [4.69, 9.17) is 9.47 Å². The van der Waals surface area contributed by atoms with E-state index in [1.807, 2.05) is 42.5 Å². The van der Waals surface area contributed by atoms with Gasteiger partial charge in [0.2, 0.25) is 11.8 Å². The molecular weight excluding hydrogens is 356 g/mol. The van der Waals surface area contributed by atoms with Gasteiger partial charge in [0.05, 0.1) is 20.1 Å². The minimum atomic E-state index is -0.349. The summed E-state index contributed by atoms with van der Waals surface area (Å²) in [5.41, 5.74) is 2.84. The number of carbonyl (C=O) groups is 2. The van der Waals surface area contributed by atoms with Crippen LogP contribution in [0.4, 0.5) is 5.69 Å². The molecule has 2 aromatic carbocycles. The number of methoxy groups -OCH3 is 2. The Morgan fingerprint density at radius 3 is 2.61 bits per heavy atom. The van der Waals surface area contributed by atoms with Gasteiger partial charge in [-0.1, -0.05) is 31.2 Å². The van der Waals surface area contributed by atoms with Crippen molar-refractivity contribution in [3.05, 3.63) is 53.6 Å². The standard InChI is InChI=1S/C22H26N2O4/c1-4-16-7-5-6-8-18(16)23-22(26)17-12-21(25)24(14-17)13-15-9-10-19(27-2)20(11-15)28-3/h5-11,17H,4,12-14H2,1-3H3,(H,23,26). The number of hydrogen-bond acceptors (Lipinski definition) is 4. The highest BCUT2D eigenvalue weighted by molar-refractivity contribution is 5.97. The van der Waals surface area contributed by atoms with Crippen LogP contribution in [0.25, 0.3) is 0 Å². The molecule has 0 bridgehead atoms. The minimum absolute atomic E-state index is 0.0151. The third kappa shape index (κ3) is 4.27. The molecule has 0 spiro atoms. The van der Waals surface area contributed by atoms with Gasteiger partial charge in [-0.3, -0.25) is 9.59 Å². The van der Waals surface area contributed by atoms with Crippen LogP contribution in [0, 0.1) is 5.92 Å². The number of amides is 2. The molecular formula is C22H26N2O4. The average molecular weight is 382 g/mol. The number of benzene rings is 2. The molecule has 1 atom stereocenters. The summed E-state index contributed by atoms with van der Waals surface area (Å²) in [4.78, 5) is 26.8. The fraction of sp³-hybridized carbons (Fsp3) is 0.364. The van der Waals surface area contributed by atoms with Gasteiger partial charge < -0.3 is 19.7 Å². The summed E-state index contributed by atoms with van der Waals surface area (Å²) in [5, 5.41) is 2.99. The Kier molecular flexibility index (Phi) is 6.19. The van der Waals surface area contributed by atoms with E-state index < -0.39 is 0 Å². The van der Waals surface area contributed by atoms with Crippen molar-refractivity contribution in [1.82, 2.24) is 4.90 Å². The molecule has 0 saturated carbocycles. The second kappa shape index (κ2) is 8.78. The van der Waals surface area contributed by atoms with E-state index in [0.717, 1.165) is 23.2 Å². The van der Waals surface area contributed by atoms with E-state index >= 15 is 0 Å². The lowest BCUT2D eigenvalue weighted by atomic mass is 10.1. The number of hydrogen-bond donors (Lipinski definition) is 1. The molecule has 1 heterocycles. The number of rotatable bonds is 7. The van der Waals surface area contributed by atoms with Crippen LogP contribution >= 0.6 is 0 Å². The van der Waals surface area contributed by atoms with Crippen LogP contribution in [0.3, 0.4) is 0 Å². The van der Waals surface area contributed by atoms with Crippen molar-refractivity contribution in [3.63, 3.8) is 0 Å². The van der Waals surface area contributed by atoms with Gasteiger partial charge >= 0.3 is 0 Å². The molecule has 2 aromatic rings. The normalized spacial score (nSPS) is 16.2. The number of anilines is 1. The molecule has 148 valence electrons. The molecule has 1 aliphatic heterocycles. The van der Waals surface area contributed by atoms with Gasteiger partial charge in [0.25, 0.3) is 0 Å². The van der Waals surface area contributed by atoms with Crippen molar-refractivity contribution in [2.75, 3.05) is 26.1 Å². The quantitative estimate of drug-likeness (QED) is 0.798. The SMILES string of the molecule is CCc1ccccc1NC(=O)C1CC(=O)N(Cc2ccc(OC)c(OC)c2)C1. The maximum atomic E-state index is 12.7. The predicted molar refractivity (Wildman–Crippen MR) is 108 cm³/mol. The fourth-order valence-electron chi connectivity index (χ4n) is 3.49. The van der Waals surface area contributed by atoms with Crippen molar-refractivity contribution in [2.24, 2.45) is 5.92 Å². The Labute approximate surface area is 165 Å². The molecule has 1 aliphatic rings. The Balaban J connectivity index is 1.65. The first-order valence-corrected chi connectivity index (χ1v) is 9.43. The number of ether oxygens (including phenoxy) is 2. The average Bonchev–Trinajstić information content (AvgIpc) is 3.08. The molecule has 1 saturated heterocycles. The molecule has 1 N–H and O–H groups in total. The summed E-state index contributed by atoms with van der Waals surface area (Å²) in [7, 11) is 3.17. The minimum Gasteiger partial charge on any atom is -0.493 e. The lowest BCUT2D eigenvalue weighted by Gasteiger charge is -2.18. The highest BCUT2D eigenvalue weighted by Crippen LogP contribution is 2.29. The van der Waals surface area contributed by atoms with Gasteiger partial charge in [-0.2, -0.15) is 0 Å². The van der Waals surface area contributed by atoms with Crippen molar-refractivity contribution in [3.8, 4) is 11.5 Å². The zero-order chi connectivity index (χ0) is 20.1. The zero-order valence-electron chi connectivity index (χ0n) is 16.5. The second-order valence-electron chi connectivity index (χ2n) is 6.86. The zero-order valence-corrected chi connectivity index (χ0v) is 16.5. The van der Waals surface area contributed by atoms with Crippen LogP contribution in [0.1, 0.15) is 24.5 Å². The van der Waals surface area contributed by atoms with Crippen molar-refractivity contribution >= 4 is 17.5 Å². The summed E-state index contributed by atoms with van der Waals surface area (Å²) in [6.45, 7) is 2.90. The highest BCUT2D eigenvalue weighted by atomic mass is 16.5. The molecule has 1 fully saturated rings. The highest BCUT2D eigenvalue weighted by Gasteiger charge is 2.34. The van der Waals surface area contributed by atoms with E-state index in [9.17, 15) is 9.59 Å². The largest absolute Gasteiger partial charge is 0.493 e. The van der Waals surface area contributed by atoms with Crippen LogP contribution in [-0.2, 0) is 22.6 Å². The monoisotopic (exact) mass is 382 g/mol. The lowest BCUT2D eigenvalue weighted by Crippen LogP contribution is -2.28. The Morgan fingerprint density at radius 2 is 1.89 bits per heavy atom. The summed E-state index contributed by atoms with van der Waals surface area (Å²) >= 11 is 0. The number of aryl methyl sites for hydroxylation is 1. The Morgan fingerprint density at radius 1 is 1.14 bits per heavy atom. The third-order valence-electron chi connectivity index (χ3n) is 5.06.